The number of hydrogen-bond donors (Lipinski definition) is 0. The van der Waals surface area contributed by atoms with Gasteiger partial charge in [-0.25, -0.2) is 4.85 Å². The van der Waals surface area contributed by atoms with Crippen LogP contribution in [0.15, 0.2) is 47.5 Å². The van der Waals surface area contributed by atoms with Crippen LogP contribution < -0.4 is 0 Å². The number of fused-ring (bicyclic) bond motifs is 1. The lowest BCUT2D eigenvalue weighted by atomic mass is 9.76. The maximum Gasteiger partial charge on any atom is 0.205 e. The van der Waals surface area contributed by atoms with E-state index in [-0.39, 0.29) is 5.41 Å². The molecule has 4 rings (SSSR count). The zero-order valence-corrected chi connectivity index (χ0v) is 13.8. The third kappa shape index (κ3) is 2.61. The van der Waals surface area contributed by atoms with Crippen molar-refractivity contribution in [3.63, 3.8) is 0 Å². The number of nitrogens with zero attached hydrogens (tertiary/aromatic N) is 3. The Morgan fingerprint density at radius 3 is 2.68 bits per heavy atom. The molecule has 0 atom stereocenters. The van der Waals surface area contributed by atoms with Gasteiger partial charge in [0.2, 0.25) is 6.19 Å². The zero-order valence-electron chi connectivity index (χ0n) is 13.8. The van der Waals surface area contributed by atoms with Gasteiger partial charge in [-0.3, -0.25) is 0 Å². The number of benzene rings is 2. The normalized spacial score (nSPS) is 19.4. The first-order chi connectivity index (χ1) is 12.3. The molecule has 1 aliphatic heterocycles. The summed E-state index contributed by atoms with van der Waals surface area (Å²) in [5, 5.41) is 9.22. The standard InChI is InChI=1S/C21H17N3O/c1-23-18-4-2-3-15(11-18)16-5-6-17-13-21(7-9-25-10-8-21)20(24-14-22)19(17)12-16/h2-6,11-12H,7-10,13H2. The molecule has 4 heteroatoms. The largest absolute Gasteiger partial charge is 0.381 e. The fourth-order valence-corrected chi connectivity index (χ4v) is 4.02. The van der Waals surface area contributed by atoms with Crippen molar-refractivity contribution in [1.82, 2.24) is 0 Å². The predicted octanol–water partition coefficient (Wildman–Crippen LogP) is 4.53. The van der Waals surface area contributed by atoms with Crippen LogP contribution in [-0.2, 0) is 11.2 Å². The minimum absolute atomic E-state index is 0.0622. The Balaban J connectivity index is 1.80. The molecular weight excluding hydrogens is 310 g/mol. The van der Waals surface area contributed by atoms with E-state index in [1.165, 1.54) is 5.56 Å². The summed E-state index contributed by atoms with van der Waals surface area (Å²) in [6.07, 6.45) is 4.75. The molecule has 0 N–H and O–H groups in total. The van der Waals surface area contributed by atoms with Crippen LogP contribution in [0.1, 0.15) is 24.0 Å². The molecule has 4 nitrogen and oxygen atoms in total. The fraction of sp³-hybridized carbons (Fsp3) is 0.286. The van der Waals surface area contributed by atoms with Gasteiger partial charge in [-0.15, -0.1) is 0 Å². The topological polar surface area (TPSA) is 49.7 Å². The van der Waals surface area contributed by atoms with Gasteiger partial charge in [0.1, 0.15) is 0 Å². The molecule has 1 saturated heterocycles. The second kappa shape index (κ2) is 6.16. The molecule has 1 aliphatic carbocycles. The van der Waals surface area contributed by atoms with Gasteiger partial charge in [-0.1, -0.05) is 30.3 Å². The first-order valence-corrected chi connectivity index (χ1v) is 8.42. The summed E-state index contributed by atoms with van der Waals surface area (Å²) in [7, 11) is 0. The molecule has 1 fully saturated rings. The van der Waals surface area contributed by atoms with Gasteiger partial charge in [-0.05, 0) is 48.1 Å². The smallest absolute Gasteiger partial charge is 0.205 e. The molecule has 2 aromatic rings. The van der Waals surface area contributed by atoms with Crippen LogP contribution in [0, 0.1) is 23.4 Å². The highest BCUT2D eigenvalue weighted by Crippen LogP contribution is 2.45. The second-order valence-electron chi connectivity index (χ2n) is 6.66. The Morgan fingerprint density at radius 1 is 1.12 bits per heavy atom. The van der Waals surface area contributed by atoms with E-state index in [0.717, 1.165) is 54.9 Å². The van der Waals surface area contributed by atoms with Crippen LogP contribution in [0.2, 0.25) is 0 Å². The lowest BCUT2D eigenvalue weighted by molar-refractivity contribution is 0.0477. The monoisotopic (exact) mass is 327 g/mol. The Hall–Kier alpha value is -2.95. The fourth-order valence-electron chi connectivity index (χ4n) is 4.02. The van der Waals surface area contributed by atoms with Crippen LogP contribution in [0.25, 0.3) is 16.0 Å². The summed E-state index contributed by atoms with van der Waals surface area (Å²) in [5.74, 6) is 0. The minimum Gasteiger partial charge on any atom is -0.381 e. The van der Waals surface area contributed by atoms with E-state index in [4.69, 9.17) is 11.3 Å². The Kier molecular flexibility index (Phi) is 3.84. The van der Waals surface area contributed by atoms with Crippen LogP contribution in [0.5, 0.6) is 0 Å². The number of nitriles is 1. The summed E-state index contributed by atoms with van der Waals surface area (Å²) in [6, 6.07) is 14.0. The highest BCUT2D eigenvalue weighted by molar-refractivity contribution is 6.10. The molecule has 0 saturated carbocycles. The van der Waals surface area contributed by atoms with Crippen molar-refractivity contribution < 1.29 is 4.74 Å². The highest BCUT2D eigenvalue weighted by Gasteiger charge is 2.44. The highest BCUT2D eigenvalue weighted by atomic mass is 16.5. The SMILES string of the molecule is [C-]#[N+]c1cccc(-c2ccc3c(c2)C(=NC#N)C2(CCOCC2)C3)c1. The summed E-state index contributed by atoms with van der Waals surface area (Å²) >= 11 is 0. The maximum atomic E-state index is 9.22. The molecule has 0 bridgehead atoms. The van der Waals surface area contributed by atoms with E-state index in [2.05, 4.69) is 28.0 Å². The molecule has 25 heavy (non-hydrogen) atoms. The average Bonchev–Trinajstić information content (AvgIpc) is 2.95. The van der Waals surface area contributed by atoms with Crippen molar-refractivity contribution in [2.45, 2.75) is 19.3 Å². The third-order valence-corrected chi connectivity index (χ3v) is 5.32. The molecule has 0 amide bonds. The van der Waals surface area contributed by atoms with Gasteiger partial charge in [-0.2, -0.15) is 10.3 Å². The Bertz CT molecular complexity index is 940. The molecule has 122 valence electrons. The molecular formula is C21H17N3O. The quantitative estimate of drug-likeness (QED) is 0.571. The van der Waals surface area contributed by atoms with E-state index in [1.807, 2.05) is 30.5 Å². The molecule has 1 spiro atoms. The second-order valence-corrected chi connectivity index (χ2v) is 6.66. The number of aliphatic imine (C=N–C) groups is 1. The third-order valence-electron chi connectivity index (χ3n) is 5.32. The van der Waals surface area contributed by atoms with Crippen molar-refractivity contribution in [2.75, 3.05) is 13.2 Å². The van der Waals surface area contributed by atoms with E-state index < -0.39 is 0 Å². The van der Waals surface area contributed by atoms with Crippen molar-refractivity contribution in [3.8, 4) is 17.3 Å². The van der Waals surface area contributed by atoms with Crippen LogP contribution in [0.4, 0.5) is 5.69 Å². The van der Waals surface area contributed by atoms with E-state index >= 15 is 0 Å². The number of hydrogen-bond acceptors (Lipinski definition) is 3. The molecule has 1 heterocycles. The number of ether oxygens (including phenoxy) is 1. The van der Waals surface area contributed by atoms with Gasteiger partial charge in [0.25, 0.3) is 0 Å². The van der Waals surface area contributed by atoms with Gasteiger partial charge in [0.05, 0.1) is 12.3 Å². The minimum atomic E-state index is -0.0622. The van der Waals surface area contributed by atoms with E-state index in [9.17, 15) is 5.26 Å². The molecule has 0 radical (unpaired) electrons. The van der Waals surface area contributed by atoms with Crippen LogP contribution in [0.3, 0.4) is 0 Å². The molecule has 0 unspecified atom stereocenters. The van der Waals surface area contributed by atoms with Gasteiger partial charge < -0.3 is 4.74 Å². The van der Waals surface area contributed by atoms with Gasteiger partial charge in [0, 0.05) is 24.2 Å². The molecule has 0 aromatic heterocycles. The van der Waals surface area contributed by atoms with Crippen molar-refractivity contribution in [2.24, 2.45) is 10.4 Å². The Labute approximate surface area is 147 Å². The van der Waals surface area contributed by atoms with Crippen molar-refractivity contribution >= 4 is 11.4 Å². The first-order valence-electron chi connectivity index (χ1n) is 8.42. The van der Waals surface area contributed by atoms with Crippen LogP contribution >= 0.6 is 0 Å². The summed E-state index contributed by atoms with van der Waals surface area (Å²) in [5.41, 5.74) is 5.88. The number of rotatable bonds is 1. The van der Waals surface area contributed by atoms with Gasteiger partial charge >= 0.3 is 0 Å². The summed E-state index contributed by atoms with van der Waals surface area (Å²) in [4.78, 5) is 7.74. The van der Waals surface area contributed by atoms with E-state index in [0.29, 0.717) is 5.69 Å². The van der Waals surface area contributed by atoms with Crippen molar-refractivity contribution in [1.29, 1.82) is 5.26 Å². The van der Waals surface area contributed by atoms with Crippen molar-refractivity contribution in [3.05, 3.63) is 65.0 Å². The summed E-state index contributed by atoms with van der Waals surface area (Å²) in [6.45, 7) is 8.64. The lowest BCUT2D eigenvalue weighted by Gasteiger charge is -2.33. The predicted molar refractivity (Wildman–Crippen MR) is 96.5 cm³/mol. The average molecular weight is 327 g/mol. The summed E-state index contributed by atoms with van der Waals surface area (Å²) < 4.78 is 5.53. The maximum absolute atomic E-state index is 9.22. The molecule has 2 aliphatic rings. The van der Waals surface area contributed by atoms with Crippen LogP contribution in [-0.4, -0.2) is 18.9 Å². The van der Waals surface area contributed by atoms with E-state index in [1.54, 1.807) is 0 Å². The Morgan fingerprint density at radius 2 is 1.92 bits per heavy atom. The molecule has 2 aromatic carbocycles. The first kappa shape index (κ1) is 15.6. The zero-order chi connectivity index (χ0) is 17.3. The lowest BCUT2D eigenvalue weighted by Crippen LogP contribution is -2.35. The van der Waals surface area contributed by atoms with Gasteiger partial charge in [0.15, 0.2) is 5.69 Å².